The van der Waals surface area contributed by atoms with Crippen LogP contribution in [0.5, 0.6) is 5.75 Å². The van der Waals surface area contributed by atoms with Gasteiger partial charge in [-0.1, -0.05) is 49.2 Å². The van der Waals surface area contributed by atoms with Crippen molar-refractivity contribution in [3.05, 3.63) is 64.0 Å². The Balaban J connectivity index is 1.45. The largest absolute Gasteiger partial charge is 0.493 e. The van der Waals surface area contributed by atoms with Gasteiger partial charge in [-0.15, -0.1) is 11.3 Å². The Kier molecular flexibility index (Phi) is 7.67. The van der Waals surface area contributed by atoms with Crippen molar-refractivity contribution in [2.75, 3.05) is 11.9 Å². The van der Waals surface area contributed by atoms with Crippen molar-refractivity contribution >= 4 is 34.0 Å². The summed E-state index contributed by atoms with van der Waals surface area (Å²) in [7, 11) is 0. The molecular weight excluding hydrogens is 404 g/mol. The number of anilines is 1. The summed E-state index contributed by atoms with van der Waals surface area (Å²) in [4.78, 5) is 16.7. The van der Waals surface area contributed by atoms with Crippen LogP contribution >= 0.6 is 22.9 Å². The Labute approximate surface area is 180 Å². The SMILES string of the molecule is CCCc1ccc(-c2csc(NC(=O)CCCOc3ccc(Cl)cc3C)n2)cc1. The summed E-state index contributed by atoms with van der Waals surface area (Å²) in [6.07, 6.45) is 3.23. The van der Waals surface area contributed by atoms with Gasteiger partial charge in [0.2, 0.25) is 5.91 Å². The number of halogens is 1. The monoisotopic (exact) mass is 428 g/mol. The Hall–Kier alpha value is -2.37. The predicted molar refractivity (Wildman–Crippen MR) is 121 cm³/mol. The van der Waals surface area contributed by atoms with E-state index in [2.05, 4.69) is 41.5 Å². The zero-order chi connectivity index (χ0) is 20.6. The maximum atomic E-state index is 12.2. The van der Waals surface area contributed by atoms with E-state index in [9.17, 15) is 4.79 Å². The van der Waals surface area contributed by atoms with Crippen LogP contribution in [0.3, 0.4) is 0 Å². The van der Waals surface area contributed by atoms with Gasteiger partial charge in [-0.3, -0.25) is 4.79 Å². The number of benzene rings is 2. The molecule has 0 aliphatic heterocycles. The maximum absolute atomic E-state index is 12.2. The molecule has 4 nitrogen and oxygen atoms in total. The van der Waals surface area contributed by atoms with Crippen molar-refractivity contribution in [2.24, 2.45) is 0 Å². The third-order valence-electron chi connectivity index (χ3n) is 4.48. The van der Waals surface area contributed by atoms with E-state index in [0.717, 1.165) is 35.4 Å². The number of amides is 1. The van der Waals surface area contributed by atoms with Crippen molar-refractivity contribution in [1.82, 2.24) is 4.98 Å². The average molecular weight is 429 g/mol. The molecule has 3 rings (SSSR count). The number of aryl methyl sites for hydroxylation is 2. The highest BCUT2D eigenvalue weighted by Crippen LogP contribution is 2.26. The molecule has 6 heteroatoms. The third kappa shape index (κ3) is 6.31. The lowest BCUT2D eigenvalue weighted by molar-refractivity contribution is -0.116. The number of aromatic nitrogens is 1. The highest BCUT2D eigenvalue weighted by molar-refractivity contribution is 7.14. The van der Waals surface area contributed by atoms with Crippen LogP contribution in [0.15, 0.2) is 47.8 Å². The van der Waals surface area contributed by atoms with E-state index in [-0.39, 0.29) is 5.91 Å². The summed E-state index contributed by atoms with van der Waals surface area (Å²) >= 11 is 7.38. The topological polar surface area (TPSA) is 51.2 Å². The molecule has 0 saturated heterocycles. The van der Waals surface area contributed by atoms with E-state index < -0.39 is 0 Å². The molecule has 1 amide bonds. The van der Waals surface area contributed by atoms with Crippen LogP contribution in [0.2, 0.25) is 5.02 Å². The van der Waals surface area contributed by atoms with Gasteiger partial charge in [0.05, 0.1) is 12.3 Å². The predicted octanol–water partition coefficient (Wildman–Crippen LogP) is 6.52. The first kappa shape index (κ1) is 21.3. The number of nitrogens with one attached hydrogen (secondary N) is 1. The molecule has 2 aromatic carbocycles. The lowest BCUT2D eigenvalue weighted by Gasteiger charge is -2.09. The number of thiazole rings is 1. The highest BCUT2D eigenvalue weighted by atomic mass is 35.5. The van der Waals surface area contributed by atoms with Crippen LogP contribution in [0.1, 0.15) is 37.3 Å². The molecule has 1 N–H and O–H groups in total. The van der Waals surface area contributed by atoms with E-state index in [1.165, 1.54) is 16.9 Å². The molecule has 0 bridgehead atoms. The summed E-state index contributed by atoms with van der Waals surface area (Å²) in [6, 6.07) is 14.0. The number of carbonyl (C=O) groups is 1. The van der Waals surface area contributed by atoms with Crippen LogP contribution in [0, 0.1) is 6.92 Å². The Morgan fingerprint density at radius 1 is 1.21 bits per heavy atom. The minimum atomic E-state index is -0.0550. The number of ether oxygens (including phenoxy) is 1. The number of rotatable bonds is 9. The molecule has 0 fully saturated rings. The number of nitrogens with zero attached hydrogens (tertiary/aromatic N) is 1. The molecule has 0 saturated carbocycles. The van der Waals surface area contributed by atoms with Gasteiger partial charge < -0.3 is 10.1 Å². The van der Waals surface area contributed by atoms with Gasteiger partial charge in [0.15, 0.2) is 5.13 Å². The quantitative estimate of drug-likeness (QED) is 0.394. The minimum Gasteiger partial charge on any atom is -0.493 e. The lowest BCUT2D eigenvalue weighted by atomic mass is 10.1. The van der Waals surface area contributed by atoms with Gasteiger partial charge in [0, 0.05) is 22.4 Å². The summed E-state index contributed by atoms with van der Waals surface area (Å²) in [6.45, 7) is 4.60. The summed E-state index contributed by atoms with van der Waals surface area (Å²) in [5.74, 6) is 0.741. The second kappa shape index (κ2) is 10.4. The summed E-state index contributed by atoms with van der Waals surface area (Å²) < 4.78 is 5.73. The first-order valence-electron chi connectivity index (χ1n) is 9.79. The number of hydrogen-bond donors (Lipinski definition) is 1. The number of carbonyl (C=O) groups excluding carboxylic acids is 1. The first-order chi connectivity index (χ1) is 14.0. The smallest absolute Gasteiger partial charge is 0.226 e. The normalized spacial score (nSPS) is 10.7. The van der Waals surface area contributed by atoms with Crippen molar-refractivity contribution < 1.29 is 9.53 Å². The van der Waals surface area contributed by atoms with Crippen LogP contribution in [0.25, 0.3) is 11.3 Å². The Bertz CT molecular complexity index is 954. The fraction of sp³-hybridized carbons (Fsp3) is 0.304. The first-order valence-corrected chi connectivity index (χ1v) is 11.0. The lowest BCUT2D eigenvalue weighted by Crippen LogP contribution is -2.12. The summed E-state index contributed by atoms with van der Waals surface area (Å²) in [5.41, 5.74) is 4.26. The average Bonchev–Trinajstić information content (AvgIpc) is 3.16. The highest BCUT2D eigenvalue weighted by Gasteiger charge is 2.09. The van der Waals surface area contributed by atoms with Crippen molar-refractivity contribution in [3.63, 3.8) is 0 Å². The fourth-order valence-corrected chi connectivity index (χ4v) is 3.93. The molecule has 0 aliphatic carbocycles. The van der Waals surface area contributed by atoms with Crippen molar-refractivity contribution in [3.8, 4) is 17.0 Å². The molecule has 0 radical (unpaired) electrons. The molecule has 0 spiro atoms. The van der Waals surface area contributed by atoms with E-state index in [1.807, 2.05) is 24.4 Å². The van der Waals surface area contributed by atoms with E-state index in [4.69, 9.17) is 16.3 Å². The van der Waals surface area contributed by atoms with Gasteiger partial charge in [-0.2, -0.15) is 0 Å². The Morgan fingerprint density at radius 3 is 2.72 bits per heavy atom. The standard InChI is InChI=1S/C23H25ClN2O2S/c1-3-5-17-7-9-18(10-8-17)20-15-29-23(25-20)26-22(27)6-4-13-28-21-12-11-19(24)14-16(21)2/h7-12,14-15H,3-6,13H2,1-2H3,(H,25,26,27). The zero-order valence-electron chi connectivity index (χ0n) is 16.7. The molecule has 152 valence electrons. The molecule has 3 aromatic rings. The van der Waals surface area contributed by atoms with E-state index >= 15 is 0 Å². The van der Waals surface area contributed by atoms with Gasteiger partial charge in [0.25, 0.3) is 0 Å². The van der Waals surface area contributed by atoms with Gasteiger partial charge in [-0.05, 0) is 49.1 Å². The second-order valence-electron chi connectivity index (χ2n) is 6.89. The summed E-state index contributed by atoms with van der Waals surface area (Å²) in [5, 5.41) is 6.16. The molecule has 1 aromatic heterocycles. The van der Waals surface area contributed by atoms with Gasteiger partial charge >= 0.3 is 0 Å². The molecule has 29 heavy (non-hydrogen) atoms. The van der Waals surface area contributed by atoms with Crippen LogP contribution < -0.4 is 10.1 Å². The van der Waals surface area contributed by atoms with E-state index in [0.29, 0.717) is 29.6 Å². The number of hydrogen-bond acceptors (Lipinski definition) is 4. The molecule has 0 unspecified atom stereocenters. The fourth-order valence-electron chi connectivity index (χ4n) is 2.97. The minimum absolute atomic E-state index is 0.0550. The van der Waals surface area contributed by atoms with E-state index in [1.54, 1.807) is 6.07 Å². The van der Waals surface area contributed by atoms with Crippen molar-refractivity contribution in [1.29, 1.82) is 0 Å². The van der Waals surface area contributed by atoms with Crippen molar-refractivity contribution in [2.45, 2.75) is 39.5 Å². The molecule has 1 heterocycles. The third-order valence-corrected chi connectivity index (χ3v) is 5.47. The van der Waals surface area contributed by atoms with Crippen LogP contribution in [-0.2, 0) is 11.2 Å². The van der Waals surface area contributed by atoms with Gasteiger partial charge in [-0.25, -0.2) is 4.98 Å². The molecule has 0 aliphatic rings. The zero-order valence-corrected chi connectivity index (χ0v) is 18.3. The molecule has 0 atom stereocenters. The Morgan fingerprint density at radius 2 is 2.00 bits per heavy atom. The van der Waals surface area contributed by atoms with Crippen LogP contribution in [-0.4, -0.2) is 17.5 Å². The maximum Gasteiger partial charge on any atom is 0.226 e. The van der Waals surface area contributed by atoms with Crippen LogP contribution in [0.4, 0.5) is 5.13 Å². The second-order valence-corrected chi connectivity index (χ2v) is 8.19. The molecular formula is C23H25ClN2O2S. The van der Waals surface area contributed by atoms with Gasteiger partial charge in [0.1, 0.15) is 5.75 Å².